The van der Waals surface area contributed by atoms with Gasteiger partial charge in [0.15, 0.2) is 0 Å². The van der Waals surface area contributed by atoms with Crippen molar-refractivity contribution in [3.8, 4) is 11.5 Å². The van der Waals surface area contributed by atoms with Crippen LogP contribution in [-0.2, 0) is 12.7 Å². The lowest BCUT2D eigenvalue weighted by Gasteiger charge is -2.48. The lowest BCUT2D eigenvalue weighted by molar-refractivity contribution is -0.137. The number of piperazine rings is 1. The standard InChI is InChI=1S/C16H16F3N3O/c17-16(18,19)14-4-2-1-3-13(14)15-21-12(9-23-15)8-22-6-10-5-11(7-22)20-10/h1-4,9-11,20H,5-8H2. The summed E-state index contributed by atoms with van der Waals surface area (Å²) >= 11 is 0. The Morgan fingerprint density at radius 3 is 2.61 bits per heavy atom. The molecule has 5 rings (SSSR count). The van der Waals surface area contributed by atoms with E-state index < -0.39 is 11.7 Å². The lowest BCUT2D eigenvalue weighted by Crippen LogP contribution is -2.66. The number of nitrogens with zero attached hydrogens (tertiary/aromatic N) is 2. The van der Waals surface area contributed by atoms with Crippen molar-refractivity contribution in [1.82, 2.24) is 15.2 Å². The molecule has 2 unspecified atom stereocenters. The molecule has 3 aliphatic rings. The molecule has 2 atom stereocenters. The van der Waals surface area contributed by atoms with E-state index in [2.05, 4.69) is 15.2 Å². The van der Waals surface area contributed by atoms with E-state index in [-0.39, 0.29) is 11.5 Å². The Morgan fingerprint density at radius 1 is 1.22 bits per heavy atom. The van der Waals surface area contributed by atoms with Crippen LogP contribution in [0.5, 0.6) is 0 Å². The van der Waals surface area contributed by atoms with Crippen LogP contribution in [0.3, 0.4) is 0 Å². The Balaban J connectivity index is 1.54. The maximum absolute atomic E-state index is 13.1. The van der Waals surface area contributed by atoms with Gasteiger partial charge in [-0.15, -0.1) is 0 Å². The third kappa shape index (κ3) is 2.86. The van der Waals surface area contributed by atoms with E-state index >= 15 is 0 Å². The van der Waals surface area contributed by atoms with Crippen LogP contribution in [0.15, 0.2) is 34.9 Å². The summed E-state index contributed by atoms with van der Waals surface area (Å²) in [5.41, 5.74) is -0.0792. The topological polar surface area (TPSA) is 41.3 Å². The summed E-state index contributed by atoms with van der Waals surface area (Å²) in [6, 6.07) is 6.42. The number of nitrogens with one attached hydrogen (secondary N) is 1. The molecule has 1 aromatic heterocycles. The van der Waals surface area contributed by atoms with Crippen LogP contribution in [-0.4, -0.2) is 35.1 Å². The second-order valence-electron chi connectivity index (χ2n) is 6.18. The quantitative estimate of drug-likeness (QED) is 0.943. The third-order valence-corrected chi connectivity index (χ3v) is 4.40. The maximum Gasteiger partial charge on any atom is 0.417 e. The minimum absolute atomic E-state index is 0.0191. The molecule has 0 spiro atoms. The summed E-state index contributed by atoms with van der Waals surface area (Å²) in [5, 5.41) is 3.44. The zero-order valence-electron chi connectivity index (χ0n) is 12.3. The molecule has 4 heterocycles. The molecular formula is C16H16F3N3O. The van der Waals surface area contributed by atoms with Gasteiger partial charge >= 0.3 is 6.18 Å². The minimum Gasteiger partial charge on any atom is -0.444 e. The second kappa shape index (κ2) is 5.35. The number of hydrogen-bond donors (Lipinski definition) is 1. The van der Waals surface area contributed by atoms with Crippen molar-refractivity contribution in [1.29, 1.82) is 0 Å². The first-order valence-corrected chi connectivity index (χ1v) is 7.58. The summed E-state index contributed by atoms with van der Waals surface area (Å²) in [7, 11) is 0. The van der Waals surface area contributed by atoms with E-state index in [0.717, 1.165) is 19.2 Å². The number of aromatic nitrogens is 1. The molecule has 2 aromatic rings. The first-order chi connectivity index (χ1) is 11.0. The van der Waals surface area contributed by atoms with Gasteiger partial charge in [0.1, 0.15) is 6.26 Å². The number of fused-ring (bicyclic) bond motifs is 2. The minimum atomic E-state index is -4.43. The number of hydrogen-bond acceptors (Lipinski definition) is 4. The molecule has 3 saturated heterocycles. The first kappa shape index (κ1) is 14.7. The highest BCUT2D eigenvalue weighted by Crippen LogP contribution is 2.36. The highest BCUT2D eigenvalue weighted by molar-refractivity contribution is 5.59. The van der Waals surface area contributed by atoms with Crippen molar-refractivity contribution >= 4 is 0 Å². The van der Waals surface area contributed by atoms with Crippen LogP contribution < -0.4 is 5.32 Å². The normalized spacial score (nSPS) is 24.5. The Morgan fingerprint density at radius 2 is 1.91 bits per heavy atom. The molecule has 0 radical (unpaired) electrons. The highest BCUT2D eigenvalue weighted by Gasteiger charge is 2.37. The molecule has 1 aromatic carbocycles. The largest absolute Gasteiger partial charge is 0.444 e. The van der Waals surface area contributed by atoms with Crippen molar-refractivity contribution in [3.05, 3.63) is 41.8 Å². The lowest BCUT2D eigenvalue weighted by atomic mass is 9.91. The summed E-state index contributed by atoms with van der Waals surface area (Å²) in [6.07, 6.45) is -1.76. The fourth-order valence-corrected chi connectivity index (χ4v) is 3.38. The van der Waals surface area contributed by atoms with Crippen LogP contribution in [0.1, 0.15) is 17.7 Å². The van der Waals surface area contributed by atoms with Crippen LogP contribution >= 0.6 is 0 Å². The van der Waals surface area contributed by atoms with E-state index in [1.54, 1.807) is 6.07 Å². The number of rotatable bonds is 3. The first-order valence-electron chi connectivity index (χ1n) is 7.58. The number of piperidine rings is 1. The smallest absolute Gasteiger partial charge is 0.417 e. The monoisotopic (exact) mass is 323 g/mol. The van der Waals surface area contributed by atoms with Crippen LogP contribution in [0.4, 0.5) is 13.2 Å². The molecule has 122 valence electrons. The van der Waals surface area contributed by atoms with Gasteiger partial charge in [0, 0.05) is 37.3 Å². The summed E-state index contributed by atoms with van der Waals surface area (Å²) < 4.78 is 44.5. The van der Waals surface area contributed by atoms with Crippen molar-refractivity contribution in [2.45, 2.75) is 31.2 Å². The highest BCUT2D eigenvalue weighted by atomic mass is 19.4. The van der Waals surface area contributed by atoms with Gasteiger partial charge in [-0.3, -0.25) is 4.90 Å². The van der Waals surface area contributed by atoms with Crippen LogP contribution in [0.2, 0.25) is 0 Å². The van der Waals surface area contributed by atoms with E-state index in [4.69, 9.17) is 4.42 Å². The van der Waals surface area contributed by atoms with Crippen molar-refractivity contribution in [2.24, 2.45) is 0 Å². The maximum atomic E-state index is 13.1. The van der Waals surface area contributed by atoms with Gasteiger partial charge in [0.2, 0.25) is 5.89 Å². The molecule has 23 heavy (non-hydrogen) atoms. The fraction of sp³-hybridized carbons (Fsp3) is 0.438. The van der Waals surface area contributed by atoms with Crippen molar-refractivity contribution < 1.29 is 17.6 Å². The Labute approximate surface area is 131 Å². The van der Waals surface area contributed by atoms with E-state index in [0.29, 0.717) is 24.3 Å². The van der Waals surface area contributed by atoms with Gasteiger partial charge in [0.05, 0.1) is 11.3 Å². The van der Waals surface area contributed by atoms with Gasteiger partial charge in [-0.2, -0.15) is 13.2 Å². The zero-order chi connectivity index (χ0) is 16.0. The SMILES string of the molecule is FC(F)(F)c1ccccc1-c1nc(CN2CC3CC(C2)N3)co1. The van der Waals surface area contributed by atoms with Gasteiger partial charge in [0.25, 0.3) is 0 Å². The van der Waals surface area contributed by atoms with E-state index in [1.165, 1.54) is 24.8 Å². The zero-order valence-corrected chi connectivity index (χ0v) is 12.3. The van der Waals surface area contributed by atoms with Gasteiger partial charge in [-0.1, -0.05) is 12.1 Å². The molecule has 0 saturated carbocycles. The molecule has 7 heteroatoms. The van der Waals surface area contributed by atoms with E-state index in [1.807, 2.05) is 0 Å². The third-order valence-electron chi connectivity index (χ3n) is 4.40. The number of alkyl halides is 3. The van der Waals surface area contributed by atoms with Crippen LogP contribution in [0.25, 0.3) is 11.5 Å². The van der Waals surface area contributed by atoms with Crippen molar-refractivity contribution in [3.63, 3.8) is 0 Å². The molecule has 4 nitrogen and oxygen atoms in total. The predicted octanol–water partition coefficient (Wildman–Crippen LogP) is 2.91. The second-order valence-corrected chi connectivity index (χ2v) is 6.18. The van der Waals surface area contributed by atoms with Gasteiger partial charge < -0.3 is 9.73 Å². The summed E-state index contributed by atoms with van der Waals surface area (Å²) in [6.45, 7) is 2.49. The number of benzene rings is 1. The average Bonchev–Trinajstić information content (AvgIpc) is 2.94. The average molecular weight is 323 g/mol. The molecule has 3 aliphatic heterocycles. The van der Waals surface area contributed by atoms with Crippen LogP contribution in [0, 0.1) is 0 Å². The Kier molecular flexibility index (Phi) is 3.42. The van der Waals surface area contributed by atoms with E-state index in [9.17, 15) is 13.2 Å². The predicted molar refractivity (Wildman–Crippen MR) is 77.5 cm³/mol. The number of oxazole rings is 1. The summed E-state index contributed by atoms with van der Waals surface area (Å²) in [5.74, 6) is 0.0215. The fourth-order valence-electron chi connectivity index (χ4n) is 3.38. The van der Waals surface area contributed by atoms with Crippen molar-refractivity contribution in [2.75, 3.05) is 13.1 Å². The molecule has 3 fully saturated rings. The Hall–Kier alpha value is -1.86. The molecule has 1 N–H and O–H groups in total. The molecule has 2 bridgehead atoms. The van der Waals surface area contributed by atoms with Gasteiger partial charge in [-0.25, -0.2) is 4.98 Å². The Bertz CT molecular complexity index is 697. The van der Waals surface area contributed by atoms with Gasteiger partial charge in [-0.05, 0) is 18.6 Å². The molecule has 0 amide bonds. The summed E-state index contributed by atoms with van der Waals surface area (Å²) in [4.78, 5) is 6.52. The number of halogens is 3. The molecule has 0 aliphatic carbocycles. The molecular weight excluding hydrogens is 307 g/mol.